The van der Waals surface area contributed by atoms with E-state index >= 15 is 0 Å². The summed E-state index contributed by atoms with van der Waals surface area (Å²) in [6.45, 7) is 2.47. The average molecular weight is 336 g/mol. The van der Waals surface area contributed by atoms with E-state index < -0.39 is 0 Å². The monoisotopic (exact) mass is 336 g/mol. The average Bonchev–Trinajstić information content (AvgIpc) is 3.27. The van der Waals surface area contributed by atoms with Gasteiger partial charge in [0.2, 0.25) is 0 Å². The van der Waals surface area contributed by atoms with Crippen LogP contribution in [0.4, 0.5) is 0 Å². The molecule has 2 aliphatic heterocycles. The van der Waals surface area contributed by atoms with Crippen LogP contribution >= 0.6 is 0 Å². The van der Waals surface area contributed by atoms with Crippen molar-refractivity contribution in [2.24, 2.45) is 10.9 Å². The second kappa shape index (κ2) is 6.69. The zero-order valence-electron chi connectivity index (χ0n) is 14.1. The van der Waals surface area contributed by atoms with E-state index in [1.807, 2.05) is 24.3 Å². The molecule has 1 saturated heterocycles. The molecule has 0 spiro atoms. The third kappa shape index (κ3) is 3.15. The summed E-state index contributed by atoms with van der Waals surface area (Å²) in [6.07, 6.45) is 1.60. The van der Waals surface area contributed by atoms with Gasteiger partial charge in [0.15, 0.2) is 0 Å². The first kappa shape index (κ1) is 15.8. The van der Waals surface area contributed by atoms with Crippen LogP contribution in [0.3, 0.4) is 0 Å². The number of fused-ring (bicyclic) bond motifs is 1. The summed E-state index contributed by atoms with van der Waals surface area (Å²) in [4.78, 5) is 15.5. The van der Waals surface area contributed by atoms with Gasteiger partial charge in [0.1, 0.15) is 11.5 Å². The molecular weight excluding hydrogens is 316 g/mol. The molecule has 0 saturated carbocycles. The molecule has 4 rings (SSSR count). The lowest BCUT2D eigenvalue weighted by atomic mass is 9.89. The zero-order valence-corrected chi connectivity index (χ0v) is 14.1. The maximum Gasteiger partial charge on any atom is 0.277 e. The fourth-order valence-electron chi connectivity index (χ4n) is 3.47. The molecule has 1 fully saturated rings. The molecule has 5 heteroatoms. The molecule has 0 aliphatic carbocycles. The maximum absolute atomic E-state index is 11.7. The van der Waals surface area contributed by atoms with Crippen LogP contribution in [0.2, 0.25) is 0 Å². The van der Waals surface area contributed by atoms with Crippen molar-refractivity contribution in [3.63, 3.8) is 0 Å². The molecule has 0 bridgehead atoms. The fourth-order valence-corrected chi connectivity index (χ4v) is 3.47. The van der Waals surface area contributed by atoms with Gasteiger partial charge in [0.25, 0.3) is 5.91 Å². The van der Waals surface area contributed by atoms with Crippen molar-refractivity contribution in [1.29, 1.82) is 0 Å². The van der Waals surface area contributed by atoms with E-state index in [-0.39, 0.29) is 5.91 Å². The summed E-state index contributed by atoms with van der Waals surface area (Å²) in [5.74, 6) is 2.18. The van der Waals surface area contributed by atoms with Crippen molar-refractivity contribution >= 4 is 12.1 Å². The Morgan fingerprint density at radius 3 is 2.72 bits per heavy atom. The molecule has 0 aromatic heterocycles. The first-order chi connectivity index (χ1) is 12.2. The molecule has 0 radical (unpaired) electrons. The minimum absolute atomic E-state index is 0.195. The van der Waals surface area contributed by atoms with E-state index in [0.717, 1.165) is 30.2 Å². The highest BCUT2D eigenvalue weighted by Crippen LogP contribution is 2.30. The van der Waals surface area contributed by atoms with E-state index in [9.17, 15) is 4.79 Å². The molecule has 2 aliphatic rings. The Labute approximate surface area is 146 Å². The van der Waals surface area contributed by atoms with Crippen molar-refractivity contribution in [2.45, 2.75) is 5.92 Å². The van der Waals surface area contributed by atoms with E-state index in [1.165, 1.54) is 5.56 Å². The lowest BCUT2D eigenvalue weighted by molar-refractivity contribution is 0.101. The Balaban J connectivity index is 1.43. The van der Waals surface area contributed by atoms with Crippen molar-refractivity contribution in [1.82, 2.24) is 5.32 Å². The molecular formula is C20H20N2O3. The van der Waals surface area contributed by atoms with Gasteiger partial charge in [0, 0.05) is 36.7 Å². The number of hydrogen-bond acceptors (Lipinski definition) is 4. The number of nitrogens with zero attached hydrogens (tertiary/aromatic N) is 1. The highest BCUT2D eigenvalue weighted by molar-refractivity contribution is 6.13. The number of nitrogens with one attached hydrogen (secondary N) is 1. The third-order valence-corrected chi connectivity index (χ3v) is 4.92. The topological polar surface area (TPSA) is 59.9 Å². The fraction of sp³-hybridized carbons (Fsp3) is 0.300. The normalized spacial score (nSPS) is 21.4. The number of hydrogen-bond donors (Lipinski definition) is 1. The number of methoxy groups -OCH3 is 1. The van der Waals surface area contributed by atoms with Crippen LogP contribution < -0.4 is 14.8 Å². The number of carbonyl (C=O) groups is 1. The minimum atomic E-state index is -0.195. The molecule has 1 amide bonds. The number of amides is 1. The second-order valence-electron chi connectivity index (χ2n) is 6.42. The van der Waals surface area contributed by atoms with Crippen LogP contribution in [-0.4, -0.2) is 38.9 Å². The van der Waals surface area contributed by atoms with Crippen LogP contribution in [0.5, 0.6) is 11.5 Å². The predicted octanol–water partition coefficient (Wildman–Crippen LogP) is 2.65. The van der Waals surface area contributed by atoms with Gasteiger partial charge in [-0.05, 0) is 35.9 Å². The summed E-state index contributed by atoms with van der Waals surface area (Å²) in [5.41, 5.74) is 2.77. The molecule has 25 heavy (non-hydrogen) atoms. The van der Waals surface area contributed by atoms with Crippen molar-refractivity contribution < 1.29 is 14.3 Å². The number of benzene rings is 2. The van der Waals surface area contributed by atoms with Gasteiger partial charge in [-0.3, -0.25) is 4.79 Å². The van der Waals surface area contributed by atoms with Crippen molar-refractivity contribution in [2.75, 3.05) is 26.8 Å². The largest absolute Gasteiger partial charge is 0.497 e. The van der Waals surface area contributed by atoms with E-state index in [2.05, 4.69) is 22.4 Å². The highest BCUT2D eigenvalue weighted by Gasteiger charge is 2.29. The number of rotatable bonds is 5. The van der Waals surface area contributed by atoms with Crippen LogP contribution in [0.15, 0.2) is 47.5 Å². The number of carbonyl (C=O) groups excluding carboxylic acids is 1. The quantitative estimate of drug-likeness (QED) is 0.912. The van der Waals surface area contributed by atoms with Gasteiger partial charge in [-0.25, -0.2) is 4.99 Å². The maximum atomic E-state index is 11.7. The Morgan fingerprint density at radius 2 is 1.92 bits per heavy atom. The molecule has 1 N–H and O–H groups in total. The smallest absolute Gasteiger partial charge is 0.277 e. The summed E-state index contributed by atoms with van der Waals surface area (Å²) >= 11 is 0. The summed E-state index contributed by atoms with van der Waals surface area (Å²) < 4.78 is 11.2. The van der Waals surface area contributed by atoms with E-state index in [1.54, 1.807) is 19.4 Å². The van der Waals surface area contributed by atoms with Gasteiger partial charge >= 0.3 is 0 Å². The summed E-state index contributed by atoms with van der Waals surface area (Å²) in [6, 6.07) is 13.8. The van der Waals surface area contributed by atoms with Gasteiger partial charge in [0.05, 0.1) is 19.3 Å². The van der Waals surface area contributed by atoms with Gasteiger partial charge in [-0.1, -0.05) is 12.1 Å². The van der Waals surface area contributed by atoms with E-state index in [0.29, 0.717) is 24.0 Å². The van der Waals surface area contributed by atoms with E-state index in [4.69, 9.17) is 9.47 Å². The number of ether oxygens (including phenoxy) is 2. The predicted molar refractivity (Wildman–Crippen MR) is 96.0 cm³/mol. The van der Waals surface area contributed by atoms with Gasteiger partial charge in [-0.15, -0.1) is 0 Å². The molecule has 5 nitrogen and oxygen atoms in total. The lowest BCUT2D eigenvalue weighted by Crippen LogP contribution is -2.19. The Morgan fingerprint density at radius 1 is 1.12 bits per heavy atom. The van der Waals surface area contributed by atoms with Crippen molar-refractivity contribution in [3.05, 3.63) is 59.2 Å². The molecule has 0 unspecified atom stereocenters. The van der Waals surface area contributed by atoms with Crippen LogP contribution in [0.25, 0.3) is 0 Å². The third-order valence-electron chi connectivity index (χ3n) is 4.92. The Kier molecular flexibility index (Phi) is 4.24. The molecule has 2 aromatic carbocycles. The van der Waals surface area contributed by atoms with Crippen molar-refractivity contribution in [3.8, 4) is 11.5 Å². The molecule has 2 heterocycles. The summed E-state index contributed by atoms with van der Waals surface area (Å²) in [5, 5.41) is 3.45. The second-order valence-corrected chi connectivity index (χ2v) is 6.42. The molecule has 2 atom stereocenters. The Bertz CT molecular complexity index is 814. The zero-order chi connectivity index (χ0) is 17.2. The standard InChI is InChI=1S/C20H20N2O3/c1-24-16-5-2-13(3-6-16)19-11-21-9-15(19)12-25-17-7-4-14-10-22-20(23)18(14)8-17/h2-8,10,15,19,21H,9,11-12H2,1H3/t15-,19+/m0/s1. The first-order valence-electron chi connectivity index (χ1n) is 8.44. The van der Waals surface area contributed by atoms with Crippen LogP contribution in [-0.2, 0) is 0 Å². The van der Waals surface area contributed by atoms with Crippen LogP contribution in [0, 0.1) is 5.92 Å². The molecule has 2 aromatic rings. The van der Waals surface area contributed by atoms with Crippen LogP contribution in [0.1, 0.15) is 27.4 Å². The lowest BCUT2D eigenvalue weighted by Gasteiger charge is -2.20. The van der Waals surface area contributed by atoms with Gasteiger partial charge in [-0.2, -0.15) is 0 Å². The minimum Gasteiger partial charge on any atom is -0.497 e. The first-order valence-corrected chi connectivity index (χ1v) is 8.44. The summed E-state index contributed by atoms with van der Waals surface area (Å²) in [7, 11) is 1.68. The Hall–Kier alpha value is -2.66. The highest BCUT2D eigenvalue weighted by atomic mass is 16.5. The van der Waals surface area contributed by atoms with Gasteiger partial charge < -0.3 is 14.8 Å². The SMILES string of the molecule is COc1ccc([C@H]2CNC[C@H]2COc2ccc3c(c2)C(=O)N=C3)cc1. The molecule has 128 valence electrons. The number of aliphatic imine (C=N–C) groups is 1.